The van der Waals surface area contributed by atoms with E-state index in [-0.39, 0.29) is 18.4 Å². The third-order valence-electron chi connectivity index (χ3n) is 4.63. The van der Waals surface area contributed by atoms with Crippen LogP contribution < -0.4 is 15.0 Å². The molecule has 0 saturated heterocycles. The van der Waals surface area contributed by atoms with Crippen LogP contribution in [0.25, 0.3) is 11.3 Å². The Bertz CT molecular complexity index is 1110. The van der Waals surface area contributed by atoms with Crippen LogP contribution in [0.2, 0.25) is 0 Å². The first-order valence-electron chi connectivity index (χ1n) is 9.08. The highest BCUT2D eigenvalue weighted by molar-refractivity contribution is 9.10. The molecule has 3 aromatic rings. The van der Waals surface area contributed by atoms with Crippen LogP contribution in [0.1, 0.15) is 22.2 Å². The molecule has 0 aliphatic carbocycles. The minimum Gasteiger partial charge on any atom is -0.482 e. The Kier molecular flexibility index (Phi) is 5.38. The largest absolute Gasteiger partial charge is 0.482 e. The molecule has 8 heteroatoms. The minimum absolute atomic E-state index is 0.0567. The van der Waals surface area contributed by atoms with Crippen molar-refractivity contribution in [1.82, 2.24) is 4.98 Å². The van der Waals surface area contributed by atoms with Gasteiger partial charge in [0.1, 0.15) is 5.75 Å². The quantitative estimate of drug-likeness (QED) is 0.588. The topological polar surface area (TPSA) is 71.5 Å². The number of aryl methyl sites for hydroxylation is 1. The predicted octanol–water partition coefficient (Wildman–Crippen LogP) is 4.88. The summed E-state index contributed by atoms with van der Waals surface area (Å²) >= 11 is 4.81. The Morgan fingerprint density at radius 1 is 1.31 bits per heavy atom. The van der Waals surface area contributed by atoms with Crippen molar-refractivity contribution in [3.8, 4) is 17.0 Å². The van der Waals surface area contributed by atoms with Gasteiger partial charge < -0.3 is 9.64 Å². The van der Waals surface area contributed by atoms with E-state index in [1.54, 1.807) is 11.0 Å². The van der Waals surface area contributed by atoms with Gasteiger partial charge in [-0.3, -0.25) is 14.9 Å². The summed E-state index contributed by atoms with van der Waals surface area (Å²) in [4.78, 5) is 32.0. The predicted molar refractivity (Wildman–Crippen MR) is 118 cm³/mol. The summed E-state index contributed by atoms with van der Waals surface area (Å²) in [6, 6.07) is 12.9. The van der Waals surface area contributed by atoms with Crippen LogP contribution in [0.4, 0.5) is 10.8 Å². The van der Waals surface area contributed by atoms with E-state index in [1.165, 1.54) is 11.3 Å². The Morgan fingerprint density at radius 2 is 2.10 bits per heavy atom. The van der Waals surface area contributed by atoms with E-state index in [1.807, 2.05) is 50.2 Å². The summed E-state index contributed by atoms with van der Waals surface area (Å²) in [7, 11) is 0. The molecule has 2 amide bonds. The van der Waals surface area contributed by atoms with Gasteiger partial charge >= 0.3 is 0 Å². The van der Waals surface area contributed by atoms with Crippen LogP contribution in [0.15, 0.2) is 46.9 Å². The summed E-state index contributed by atoms with van der Waals surface area (Å²) in [5.41, 5.74) is 2.93. The van der Waals surface area contributed by atoms with Crippen molar-refractivity contribution in [2.24, 2.45) is 0 Å². The minimum atomic E-state index is -0.223. The summed E-state index contributed by atoms with van der Waals surface area (Å²) in [6.07, 6.45) is 0. The summed E-state index contributed by atoms with van der Waals surface area (Å²) in [5.74, 6) is 0.401. The van der Waals surface area contributed by atoms with Gasteiger partial charge in [0.05, 0.1) is 16.9 Å². The van der Waals surface area contributed by atoms with Gasteiger partial charge in [-0.1, -0.05) is 12.1 Å². The number of fused-ring (bicyclic) bond motifs is 1. The summed E-state index contributed by atoms with van der Waals surface area (Å²) < 4.78 is 6.26. The van der Waals surface area contributed by atoms with Crippen LogP contribution in [0.3, 0.4) is 0 Å². The second-order valence-corrected chi connectivity index (χ2v) is 8.52. The van der Waals surface area contributed by atoms with Gasteiger partial charge in [-0.15, -0.1) is 11.3 Å². The smallest absolute Gasteiger partial charge is 0.265 e. The fourth-order valence-electron chi connectivity index (χ4n) is 3.22. The van der Waals surface area contributed by atoms with E-state index in [2.05, 4.69) is 26.2 Å². The number of aromatic nitrogens is 1. The number of carbonyl (C=O) groups is 2. The van der Waals surface area contributed by atoms with Crippen LogP contribution in [0, 0.1) is 6.92 Å². The highest BCUT2D eigenvalue weighted by atomic mass is 79.9. The van der Waals surface area contributed by atoms with Gasteiger partial charge in [0, 0.05) is 21.5 Å². The zero-order valence-electron chi connectivity index (χ0n) is 15.9. The number of halogens is 1. The van der Waals surface area contributed by atoms with Gasteiger partial charge in [0.25, 0.3) is 11.8 Å². The van der Waals surface area contributed by atoms with Crippen molar-refractivity contribution in [2.45, 2.75) is 13.8 Å². The molecule has 1 aliphatic heterocycles. The maximum absolute atomic E-state index is 12.6. The van der Waals surface area contributed by atoms with Crippen molar-refractivity contribution < 1.29 is 14.3 Å². The summed E-state index contributed by atoms with van der Waals surface area (Å²) in [5, 5.41) is 3.39. The molecule has 4 rings (SSSR count). The lowest BCUT2D eigenvalue weighted by molar-refractivity contribution is -0.121. The maximum atomic E-state index is 12.6. The molecule has 1 aliphatic rings. The van der Waals surface area contributed by atoms with Crippen molar-refractivity contribution in [1.29, 1.82) is 0 Å². The number of carbonyl (C=O) groups excluding carboxylic acids is 2. The van der Waals surface area contributed by atoms with Crippen molar-refractivity contribution in [3.63, 3.8) is 0 Å². The Balaban J connectivity index is 1.64. The van der Waals surface area contributed by atoms with Gasteiger partial charge in [-0.2, -0.15) is 0 Å². The fraction of sp³-hybridized carbons (Fsp3) is 0.190. The number of benzene rings is 2. The third-order valence-corrected chi connectivity index (χ3v) is 6.20. The number of hydrogen-bond acceptors (Lipinski definition) is 5. The number of nitrogens with one attached hydrogen (secondary N) is 1. The lowest BCUT2D eigenvalue weighted by atomic mass is 10.1. The van der Waals surface area contributed by atoms with Gasteiger partial charge in [0.15, 0.2) is 11.7 Å². The first kappa shape index (κ1) is 19.6. The Hall–Kier alpha value is -2.71. The average Bonchev–Trinajstić information content (AvgIpc) is 3.07. The lowest BCUT2D eigenvalue weighted by Crippen LogP contribution is -2.38. The Morgan fingerprint density at radius 3 is 2.86 bits per heavy atom. The third kappa shape index (κ3) is 3.77. The maximum Gasteiger partial charge on any atom is 0.265 e. The first-order chi connectivity index (χ1) is 14.0. The zero-order valence-corrected chi connectivity index (χ0v) is 18.3. The Labute approximate surface area is 180 Å². The van der Waals surface area contributed by atoms with Crippen LogP contribution >= 0.6 is 27.3 Å². The zero-order chi connectivity index (χ0) is 20.5. The normalized spacial score (nSPS) is 13.1. The van der Waals surface area contributed by atoms with Gasteiger partial charge in [-0.25, -0.2) is 4.98 Å². The monoisotopic (exact) mass is 471 g/mol. The van der Waals surface area contributed by atoms with Crippen molar-refractivity contribution >= 4 is 49.9 Å². The highest BCUT2D eigenvalue weighted by Crippen LogP contribution is 2.38. The molecule has 0 unspecified atom stereocenters. The molecule has 0 fully saturated rings. The lowest BCUT2D eigenvalue weighted by Gasteiger charge is -2.28. The van der Waals surface area contributed by atoms with E-state index in [0.717, 1.165) is 26.3 Å². The molecular formula is C21H18BrN3O3S. The molecule has 29 heavy (non-hydrogen) atoms. The number of thiazole rings is 1. The molecule has 0 radical (unpaired) electrons. The van der Waals surface area contributed by atoms with Crippen LogP contribution in [0.5, 0.6) is 5.75 Å². The van der Waals surface area contributed by atoms with E-state index in [9.17, 15) is 9.59 Å². The molecular weight excluding hydrogens is 454 g/mol. The second-order valence-electron chi connectivity index (χ2n) is 6.47. The van der Waals surface area contributed by atoms with Gasteiger partial charge in [0.2, 0.25) is 0 Å². The molecule has 2 aromatic carbocycles. The number of amides is 2. The fourth-order valence-corrected chi connectivity index (χ4v) is 4.52. The molecule has 0 spiro atoms. The number of ether oxygens (including phenoxy) is 1. The van der Waals surface area contributed by atoms with Crippen LogP contribution in [-0.2, 0) is 4.79 Å². The number of anilines is 2. The number of nitrogens with zero attached hydrogens (tertiary/aromatic N) is 2. The summed E-state index contributed by atoms with van der Waals surface area (Å²) in [6.45, 7) is 4.52. The van der Waals surface area contributed by atoms with E-state index in [4.69, 9.17) is 4.74 Å². The number of likely N-dealkylation sites (N-methyl/N-ethyl adjacent to an activating group) is 1. The molecule has 1 N–H and O–H groups in total. The second kappa shape index (κ2) is 7.96. The average molecular weight is 472 g/mol. The molecule has 0 bridgehead atoms. The molecule has 6 nitrogen and oxygen atoms in total. The highest BCUT2D eigenvalue weighted by Gasteiger charge is 2.25. The molecule has 2 heterocycles. The number of rotatable bonds is 4. The molecule has 148 valence electrons. The number of hydrogen-bond donors (Lipinski definition) is 1. The van der Waals surface area contributed by atoms with E-state index in [0.29, 0.717) is 23.0 Å². The SMILES string of the molecule is CCN1C(=O)COc2ccc(-c3nc(NC(=O)c4ccccc4Br)sc3C)cc21. The van der Waals surface area contributed by atoms with Gasteiger partial charge in [-0.05, 0) is 60.1 Å². The molecule has 0 atom stereocenters. The molecule has 1 aromatic heterocycles. The standard InChI is InChI=1S/C21H18BrN3O3S/c1-3-25-16-10-13(8-9-17(16)28-11-18(25)26)19-12(2)29-21(23-19)24-20(27)14-6-4-5-7-15(14)22/h4-10H,3,11H2,1-2H3,(H,23,24,27). The van der Waals surface area contributed by atoms with Crippen molar-refractivity contribution in [2.75, 3.05) is 23.4 Å². The van der Waals surface area contributed by atoms with Crippen LogP contribution in [-0.4, -0.2) is 29.9 Å². The molecule has 0 saturated carbocycles. The van der Waals surface area contributed by atoms with Crippen molar-refractivity contribution in [3.05, 3.63) is 57.4 Å². The van der Waals surface area contributed by atoms with E-state index >= 15 is 0 Å². The van der Waals surface area contributed by atoms with E-state index < -0.39 is 0 Å². The first-order valence-corrected chi connectivity index (χ1v) is 10.7.